The zero-order valence-corrected chi connectivity index (χ0v) is 13.2. The van der Waals surface area contributed by atoms with Crippen LogP contribution in [0, 0.1) is 17.8 Å². The zero-order valence-electron chi connectivity index (χ0n) is 13.2. The van der Waals surface area contributed by atoms with E-state index in [9.17, 15) is 9.90 Å². The van der Waals surface area contributed by atoms with E-state index in [1.807, 2.05) is 6.92 Å². The highest BCUT2D eigenvalue weighted by Gasteiger charge is 2.32. The number of piperidine rings is 2. The van der Waals surface area contributed by atoms with Crippen LogP contribution in [0.4, 0.5) is 0 Å². The molecule has 0 saturated carbocycles. The molecule has 4 nitrogen and oxygen atoms in total. The lowest BCUT2D eigenvalue weighted by Crippen LogP contribution is -2.53. The Hall–Kier alpha value is -0.610. The molecule has 2 rings (SSSR count). The molecule has 1 N–H and O–H groups in total. The Morgan fingerprint density at radius 2 is 1.90 bits per heavy atom. The number of hydrogen-bond donors (Lipinski definition) is 1. The van der Waals surface area contributed by atoms with E-state index in [0.717, 1.165) is 39.0 Å². The molecule has 1 amide bonds. The average molecular weight is 282 g/mol. The maximum absolute atomic E-state index is 12.7. The van der Waals surface area contributed by atoms with Crippen LogP contribution in [0.3, 0.4) is 0 Å². The van der Waals surface area contributed by atoms with E-state index in [2.05, 4.69) is 23.6 Å². The van der Waals surface area contributed by atoms with Gasteiger partial charge in [0.25, 0.3) is 0 Å². The lowest BCUT2D eigenvalue weighted by Gasteiger charge is -2.40. The predicted molar refractivity (Wildman–Crippen MR) is 80.4 cm³/mol. The second-order valence-corrected chi connectivity index (χ2v) is 7.05. The Bertz CT molecular complexity index is 324. The van der Waals surface area contributed by atoms with Crippen molar-refractivity contribution in [1.29, 1.82) is 0 Å². The van der Waals surface area contributed by atoms with E-state index in [4.69, 9.17) is 0 Å². The maximum atomic E-state index is 12.7. The molecule has 0 aromatic heterocycles. The average Bonchev–Trinajstić information content (AvgIpc) is 2.44. The summed E-state index contributed by atoms with van der Waals surface area (Å²) < 4.78 is 0. The Balaban J connectivity index is 1.93. The summed E-state index contributed by atoms with van der Waals surface area (Å²) in [4.78, 5) is 17.0. The lowest BCUT2D eigenvalue weighted by atomic mass is 9.91. The van der Waals surface area contributed by atoms with E-state index in [1.165, 1.54) is 6.42 Å². The molecule has 4 heteroatoms. The molecule has 0 aromatic rings. The van der Waals surface area contributed by atoms with Crippen LogP contribution in [0.15, 0.2) is 0 Å². The van der Waals surface area contributed by atoms with Gasteiger partial charge in [-0.25, -0.2) is 0 Å². The van der Waals surface area contributed by atoms with Crippen LogP contribution in [-0.2, 0) is 4.79 Å². The molecule has 2 aliphatic rings. The first-order valence-corrected chi connectivity index (χ1v) is 8.15. The molecule has 0 aliphatic carbocycles. The van der Waals surface area contributed by atoms with Gasteiger partial charge in [-0.1, -0.05) is 13.8 Å². The lowest BCUT2D eigenvalue weighted by molar-refractivity contribution is -0.140. The molecule has 0 spiro atoms. The van der Waals surface area contributed by atoms with Gasteiger partial charge >= 0.3 is 0 Å². The number of carbonyl (C=O) groups is 1. The van der Waals surface area contributed by atoms with Gasteiger partial charge < -0.3 is 10.0 Å². The molecule has 0 radical (unpaired) electrons. The van der Waals surface area contributed by atoms with Gasteiger partial charge in [-0.2, -0.15) is 0 Å². The molecule has 20 heavy (non-hydrogen) atoms. The first-order chi connectivity index (χ1) is 9.51. The van der Waals surface area contributed by atoms with Crippen molar-refractivity contribution in [3.05, 3.63) is 0 Å². The molecule has 4 atom stereocenters. The Kier molecular flexibility index (Phi) is 5.44. The molecule has 0 aromatic carbocycles. The molecule has 4 unspecified atom stereocenters. The zero-order chi connectivity index (χ0) is 14.7. The number of hydrogen-bond acceptors (Lipinski definition) is 3. The summed E-state index contributed by atoms with van der Waals surface area (Å²) in [6.45, 7) is 10.4. The van der Waals surface area contributed by atoms with Crippen LogP contribution in [0.25, 0.3) is 0 Å². The van der Waals surface area contributed by atoms with Gasteiger partial charge in [0.2, 0.25) is 5.91 Å². The van der Waals surface area contributed by atoms with Crippen molar-refractivity contribution in [2.24, 2.45) is 17.8 Å². The molecular weight excluding hydrogens is 252 g/mol. The normalized spacial score (nSPS) is 34.0. The first-order valence-electron chi connectivity index (χ1n) is 8.15. The van der Waals surface area contributed by atoms with Crippen LogP contribution in [-0.4, -0.2) is 59.6 Å². The number of nitrogens with zero attached hydrogens (tertiary/aromatic N) is 2. The van der Waals surface area contributed by atoms with Crippen molar-refractivity contribution in [1.82, 2.24) is 9.80 Å². The Morgan fingerprint density at radius 3 is 2.50 bits per heavy atom. The molecule has 2 heterocycles. The fraction of sp³-hybridized carbons (Fsp3) is 0.938. The van der Waals surface area contributed by atoms with Gasteiger partial charge in [0, 0.05) is 26.2 Å². The van der Waals surface area contributed by atoms with Crippen molar-refractivity contribution < 1.29 is 9.90 Å². The summed E-state index contributed by atoms with van der Waals surface area (Å²) in [5.74, 6) is 1.85. The van der Waals surface area contributed by atoms with Crippen LogP contribution >= 0.6 is 0 Å². The standard InChI is InChI=1S/C16H30N2O2/c1-12-7-13(2)9-18(8-12)16(20)14(3)17-6-4-5-15(10-17)11-19/h12-15,19H,4-11H2,1-3H3. The van der Waals surface area contributed by atoms with Gasteiger partial charge in [-0.15, -0.1) is 0 Å². The Morgan fingerprint density at radius 1 is 1.25 bits per heavy atom. The fourth-order valence-electron chi connectivity index (χ4n) is 3.86. The number of aliphatic hydroxyl groups excluding tert-OH is 1. The van der Waals surface area contributed by atoms with Crippen LogP contribution in [0.5, 0.6) is 0 Å². The maximum Gasteiger partial charge on any atom is 0.239 e. The molecule has 2 saturated heterocycles. The van der Waals surface area contributed by atoms with Crippen molar-refractivity contribution in [3.8, 4) is 0 Å². The van der Waals surface area contributed by atoms with Crippen molar-refractivity contribution in [2.75, 3.05) is 32.8 Å². The summed E-state index contributed by atoms with van der Waals surface area (Å²) >= 11 is 0. The topological polar surface area (TPSA) is 43.8 Å². The fourth-order valence-corrected chi connectivity index (χ4v) is 3.86. The highest BCUT2D eigenvalue weighted by molar-refractivity contribution is 5.81. The van der Waals surface area contributed by atoms with Gasteiger partial charge in [-0.3, -0.25) is 9.69 Å². The summed E-state index contributed by atoms with van der Waals surface area (Å²) in [5, 5.41) is 9.33. The van der Waals surface area contributed by atoms with Crippen LogP contribution < -0.4 is 0 Å². The van der Waals surface area contributed by atoms with Gasteiger partial charge in [0.1, 0.15) is 0 Å². The van der Waals surface area contributed by atoms with Crippen LogP contribution in [0.1, 0.15) is 40.0 Å². The van der Waals surface area contributed by atoms with Gasteiger partial charge in [-0.05, 0) is 50.5 Å². The van der Waals surface area contributed by atoms with Gasteiger partial charge in [0.15, 0.2) is 0 Å². The third-order valence-electron chi connectivity index (χ3n) is 4.89. The molecule has 2 aliphatic heterocycles. The van der Waals surface area contributed by atoms with E-state index in [-0.39, 0.29) is 18.6 Å². The van der Waals surface area contributed by atoms with E-state index >= 15 is 0 Å². The molecule has 116 valence electrons. The summed E-state index contributed by atoms with van der Waals surface area (Å²) in [7, 11) is 0. The van der Waals surface area contributed by atoms with Crippen molar-refractivity contribution >= 4 is 5.91 Å². The van der Waals surface area contributed by atoms with Crippen molar-refractivity contribution in [2.45, 2.75) is 46.1 Å². The van der Waals surface area contributed by atoms with Crippen LogP contribution in [0.2, 0.25) is 0 Å². The quantitative estimate of drug-likeness (QED) is 0.855. The highest BCUT2D eigenvalue weighted by Crippen LogP contribution is 2.24. The minimum atomic E-state index is -0.0400. The summed E-state index contributed by atoms with van der Waals surface area (Å²) in [6, 6.07) is -0.0400. The number of carbonyl (C=O) groups excluding carboxylic acids is 1. The minimum absolute atomic E-state index is 0.0400. The SMILES string of the molecule is CC1CC(C)CN(C(=O)C(C)N2CCCC(CO)C2)C1. The van der Waals surface area contributed by atoms with E-state index in [1.54, 1.807) is 0 Å². The molecular formula is C16H30N2O2. The molecule has 0 bridgehead atoms. The van der Waals surface area contributed by atoms with E-state index < -0.39 is 0 Å². The number of likely N-dealkylation sites (tertiary alicyclic amines) is 2. The van der Waals surface area contributed by atoms with E-state index in [0.29, 0.717) is 17.8 Å². The summed E-state index contributed by atoms with van der Waals surface area (Å²) in [6.07, 6.45) is 3.41. The Labute approximate surface area is 123 Å². The third-order valence-corrected chi connectivity index (χ3v) is 4.89. The van der Waals surface area contributed by atoms with Crippen molar-refractivity contribution in [3.63, 3.8) is 0 Å². The highest BCUT2D eigenvalue weighted by atomic mass is 16.3. The third kappa shape index (κ3) is 3.73. The largest absolute Gasteiger partial charge is 0.396 e. The number of aliphatic hydroxyl groups is 1. The minimum Gasteiger partial charge on any atom is -0.396 e. The smallest absolute Gasteiger partial charge is 0.239 e. The second kappa shape index (κ2) is 6.90. The molecule has 2 fully saturated rings. The first kappa shape index (κ1) is 15.8. The summed E-state index contributed by atoms with van der Waals surface area (Å²) in [5.41, 5.74) is 0. The number of amides is 1. The predicted octanol–water partition coefficient (Wildman–Crippen LogP) is 1.58. The second-order valence-electron chi connectivity index (χ2n) is 7.05. The number of rotatable bonds is 3. The van der Waals surface area contributed by atoms with Gasteiger partial charge in [0.05, 0.1) is 6.04 Å². The monoisotopic (exact) mass is 282 g/mol.